The summed E-state index contributed by atoms with van der Waals surface area (Å²) in [6.45, 7) is 4.55. The molecule has 1 unspecified atom stereocenters. The summed E-state index contributed by atoms with van der Waals surface area (Å²) in [6.07, 6.45) is 0. The Labute approximate surface area is 89.7 Å². The SMILES string of the molecule is CC(C)C(CO)COc1cccc(F)c1. The summed E-state index contributed by atoms with van der Waals surface area (Å²) < 4.78 is 18.2. The van der Waals surface area contributed by atoms with E-state index >= 15 is 0 Å². The maximum absolute atomic E-state index is 12.8. The van der Waals surface area contributed by atoms with Crippen molar-refractivity contribution in [3.8, 4) is 5.75 Å². The molecule has 0 aliphatic heterocycles. The fraction of sp³-hybridized carbons (Fsp3) is 0.500. The number of hydrogen-bond acceptors (Lipinski definition) is 2. The zero-order chi connectivity index (χ0) is 11.3. The molecule has 0 saturated heterocycles. The van der Waals surface area contributed by atoms with E-state index in [0.717, 1.165) is 0 Å². The Morgan fingerprint density at radius 3 is 2.67 bits per heavy atom. The summed E-state index contributed by atoms with van der Waals surface area (Å²) in [6, 6.07) is 6.03. The predicted molar refractivity (Wildman–Crippen MR) is 57.3 cm³/mol. The lowest BCUT2D eigenvalue weighted by Crippen LogP contribution is -2.21. The van der Waals surface area contributed by atoms with Crippen molar-refractivity contribution in [3.63, 3.8) is 0 Å². The molecular weight excluding hydrogens is 195 g/mol. The molecule has 0 aromatic heterocycles. The molecule has 1 atom stereocenters. The van der Waals surface area contributed by atoms with E-state index in [1.54, 1.807) is 12.1 Å². The number of hydrogen-bond donors (Lipinski definition) is 1. The van der Waals surface area contributed by atoms with Gasteiger partial charge in [-0.25, -0.2) is 4.39 Å². The van der Waals surface area contributed by atoms with Crippen LogP contribution in [0.1, 0.15) is 13.8 Å². The zero-order valence-electron chi connectivity index (χ0n) is 9.11. The second-order valence-corrected chi connectivity index (χ2v) is 3.96. The molecule has 0 fully saturated rings. The number of aliphatic hydroxyl groups excluding tert-OH is 1. The summed E-state index contributed by atoms with van der Waals surface area (Å²) in [7, 11) is 0. The second-order valence-electron chi connectivity index (χ2n) is 3.96. The first-order valence-electron chi connectivity index (χ1n) is 5.12. The molecule has 1 aromatic carbocycles. The van der Waals surface area contributed by atoms with E-state index in [1.165, 1.54) is 12.1 Å². The Kier molecular flexibility index (Phi) is 4.56. The Morgan fingerprint density at radius 2 is 2.13 bits per heavy atom. The third kappa shape index (κ3) is 3.88. The molecule has 2 nitrogen and oxygen atoms in total. The summed E-state index contributed by atoms with van der Waals surface area (Å²) in [5.41, 5.74) is 0. The van der Waals surface area contributed by atoms with Gasteiger partial charge >= 0.3 is 0 Å². The molecule has 0 amide bonds. The number of halogens is 1. The minimum atomic E-state index is -0.308. The van der Waals surface area contributed by atoms with Crippen LogP contribution in [0.4, 0.5) is 4.39 Å². The van der Waals surface area contributed by atoms with Crippen LogP contribution in [0.2, 0.25) is 0 Å². The molecule has 0 bridgehead atoms. The van der Waals surface area contributed by atoms with E-state index in [1.807, 2.05) is 13.8 Å². The van der Waals surface area contributed by atoms with Crippen LogP contribution in [-0.4, -0.2) is 18.3 Å². The largest absolute Gasteiger partial charge is 0.493 e. The highest BCUT2D eigenvalue weighted by atomic mass is 19.1. The van der Waals surface area contributed by atoms with Crippen molar-refractivity contribution in [1.82, 2.24) is 0 Å². The average Bonchev–Trinajstić information content (AvgIpc) is 2.18. The van der Waals surface area contributed by atoms with Crippen LogP contribution in [0, 0.1) is 17.7 Å². The van der Waals surface area contributed by atoms with Crippen LogP contribution in [0.15, 0.2) is 24.3 Å². The number of rotatable bonds is 5. The van der Waals surface area contributed by atoms with Crippen molar-refractivity contribution in [2.24, 2.45) is 11.8 Å². The third-order valence-electron chi connectivity index (χ3n) is 2.44. The highest BCUT2D eigenvalue weighted by Gasteiger charge is 2.12. The van der Waals surface area contributed by atoms with Crippen molar-refractivity contribution in [2.45, 2.75) is 13.8 Å². The van der Waals surface area contributed by atoms with Crippen LogP contribution in [0.25, 0.3) is 0 Å². The molecule has 1 aromatic rings. The van der Waals surface area contributed by atoms with Gasteiger partial charge in [-0.05, 0) is 18.1 Å². The average molecular weight is 212 g/mol. The van der Waals surface area contributed by atoms with Crippen LogP contribution in [0.3, 0.4) is 0 Å². The molecule has 3 heteroatoms. The molecule has 0 radical (unpaired) electrons. The Balaban J connectivity index is 2.49. The lowest BCUT2D eigenvalue weighted by atomic mass is 9.98. The highest BCUT2D eigenvalue weighted by Crippen LogP contribution is 2.16. The van der Waals surface area contributed by atoms with Gasteiger partial charge in [0.25, 0.3) is 0 Å². The molecule has 0 spiro atoms. The maximum Gasteiger partial charge on any atom is 0.126 e. The van der Waals surface area contributed by atoms with Crippen molar-refractivity contribution in [3.05, 3.63) is 30.1 Å². The van der Waals surface area contributed by atoms with Crippen LogP contribution < -0.4 is 4.74 Å². The van der Waals surface area contributed by atoms with Gasteiger partial charge in [-0.3, -0.25) is 0 Å². The fourth-order valence-corrected chi connectivity index (χ4v) is 1.22. The lowest BCUT2D eigenvalue weighted by molar-refractivity contribution is 0.130. The van der Waals surface area contributed by atoms with Crippen molar-refractivity contribution in [1.29, 1.82) is 0 Å². The van der Waals surface area contributed by atoms with E-state index < -0.39 is 0 Å². The van der Waals surface area contributed by atoms with Gasteiger partial charge in [-0.1, -0.05) is 19.9 Å². The normalized spacial score (nSPS) is 12.9. The van der Waals surface area contributed by atoms with Gasteiger partial charge in [0.15, 0.2) is 0 Å². The quantitative estimate of drug-likeness (QED) is 0.812. The van der Waals surface area contributed by atoms with E-state index in [9.17, 15) is 4.39 Å². The standard InChI is InChI=1S/C12H17FO2/c1-9(2)10(7-14)8-15-12-5-3-4-11(13)6-12/h3-6,9-10,14H,7-8H2,1-2H3. The molecule has 84 valence electrons. The van der Waals surface area contributed by atoms with Crippen molar-refractivity contribution >= 4 is 0 Å². The summed E-state index contributed by atoms with van der Waals surface area (Å²) in [4.78, 5) is 0. The fourth-order valence-electron chi connectivity index (χ4n) is 1.22. The van der Waals surface area contributed by atoms with E-state index in [0.29, 0.717) is 18.3 Å². The maximum atomic E-state index is 12.8. The molecule has 0 aliphatic carbocycles. The van der Waals surface area contributed by atoms with Crippen LogP contribution >= 0.6 is 0 Å². The van der Waals surface area contributed by atoms with Gasteiger partial charge in [-0.15, -0.1) is 0 Å². The zero-order valence-corrected chi connectivity index (χ0v) is 9.11. The van der Waals surface area contributed by atoms with Crippen LogP contribution in [0.5, 0.6) is 5.75 Å². The Hall–Kier alpha value is -1.09. The minimum Gasteiger partial charge on any atom is -0.493 e. The summed E-state index contributed by atoms with van der Waals surface area (Å²) in [5, 5.41) is 9.07. The molecule has 1 rings (SSSR count). The van der Waals surface area contributed by atoms with Crippen molar-refractivity contribution < 1.29 is 14.2 Å². The van der Waals surface area contributed by atoms with E-state index in [-0.39, 0.29) is 18.3 Å². The monoisotopic (exact) mass is 212 g/mol. The highest BCUT2D eigenvalue weighted by molar-refractivity contribution is 5.22. The smallest absolute Gasteiger partial charge is 0.126 e. The third-order valence-corrected chi connectivity index (χ3v) is 2.44. The Morgan fingerprint density at radius 1 is 1.40 bits per heavy atom. The molecule has 0 aliphatic rings. The topological polar surface area (TPSA) is 29.5 Å². The van der Waals surface area contributed by atoms with E-state index in [4.69, 9.17) is 9.84 Å². The van der Waals surface area contributed by atoms with Crippen LogP contribution in [-0.2, 0) is 0 Å². The summed E-state index contributed by atoms with van der Waals surface area (Å²) in [5.74, 6) is 0.642. The van der Waals surface area contributed by atoms with E-state index in [2.05, 4.69) is 0 Å². The summed E-state index contributed by atoms with van der Waals surface area (Å²) >= 11 is 0. The number of benzene rings is 1. The van der Waals surface area contributed by atoms with Gasteiger partial charge in [0.05, 0.1) is 6.61 Å². The van der Waals surface area contributed by atoms with Crippen molar-refractivity contribution in [2.75, 3.05) is 13.2 Å². The minimum absolute atomic E-state index is 0.0903. The first-order chi connectivity index (χ1) is 7.13. The number of aliphatic hydroxyl groups is 1. The molecule has 15 heavy (non-hydrogen) atoms. The van der Waals surface area contributed by atoms with Gasteiger partial charge in [-0.2, -0.15) is 0 Å². The lowest BCUT2D eigenvalue weighted by Gasteiger charge is -2.18. The first-order valence-corrected chi connectivity index (χ1v) is 5.12. The molecule has 0 saturated carbocycles. The van der Waals surface area contributed by atoms with Gasteiger partial charge in [0.2, 0.25) is 0 Å². The van der Waals surface area contributed by atoms with Gasteiger partial charge < -0.3 is 9.84 Å². The first kappa shape index (κ1) is 12.0. The molecule has 0 heterocycles. The molecular formula is C12H17FO2. The molecule has 1 N–H and O–H groups in total. The number of ether oxygens (including phenoxy) is 1. The van der Waals surface area contributed by atoms with Gasteiger partial charge in [0, 0.05) is 18.6 Å². The second kappa shape index (κ2) is 5.71. The Bertz CT molecular complexity index is 299. The van der Waals surface area contributed by atoms with Gasteiger partial charge in [0.1, 0.15) is 11.6 Å². The predicted octanol–water partition coefficient (Wildman–Crippen LogP) is 2.47.